The van der Waals surface area contributed by atoms with Gasteiger partial charge in [0.2, 0.25) is 6.29 Å². The van der Waals surface area contributed by atoms with Crippen molar-refractivity contribution in [2.45, 2.75) is 6.29 Å². The number of methoxy groups -OCH3 is 2. The smallest absolute Gasteiger partial charge is 0.345 e. The van der Waals surface area contributed by atoms with E-state index in [0.29, 0.717) is 11.3 Å². The summed E-state index contributed by atoms with van der Waals surface area (Å²) in [5.74, 6) is 0.118. The van der Waals surface area contributed by atoms with Crippen LogP contribution in [-0.4, -0.2) is 25.3 Å². The second kappa shape index (κ2) is 3.43. The van der Waals surface area contributed by atoms with Crippen LogP contribution in [0, 0.1) is 0 Å². The van der Waals surface area contributed by atoms with Gasteiger partial charge in [-0.2, -0.15) is 0 Å². The van der Waals surface area contributed by atoms with Crippen molar-refractivity contribution in [3.63, 3.8) is 0 Å². The van der Waals surface area contributed by atoms with E-state index in [0.717, 1.165) is 0 Å². The lowest BCUT2D eigenvalue weighted by molar-refractivity contribution is -0.0547. The number of hydrogen-bond acceptors (Lipinski definition) is 5. The van der Waals surface area contributed by atoms with Gasteiger partial charge in [-0.1, -0.05) is 0 Å². The normalized spacial score (nSPS) is 18.3. The maximum atomic E-state index is 11.4. The first-order chi connectivity index (χ1) is 7.19. The highest BCUT2D eigenvalue weighted by molar-refractivity contribution is 5.97. The first-order valence-corrected chi connectivity index (χ1v) is 4.33. The zero-order chi connectivity index (χ0) is 11.0. The lowest BCUT2D eigenvalue weighted by Crippen LogP contribution is -2.00. The van der Waals surface area contributed by atoms with Gasteiger partial charge in [0.05, 0.1) is 14.2 Å². The quantitative estimate of drug-likeness (QED) is 0.733. The Bertz CT molecular complexity index is 413. The minimum Gasteiger partial charge on any atom is -0.493 e. The summed E-state index contributed by atoms with van der Waals surface area (Å²) in [6, 6.07) is 3.19. The van der Waals surface area contributed by atoms with Crippen molar-refractivity contribution in [2.75, 3.05) is 14.2 Å². The monoisotopic (exact) mass is 210 g/mol. The van der Waals surface area contributed by atoms with Crippen molar-refractivity contribution in [1.29, 1.82) is 0 Å². The van der Waals surface area contributed by atoms with Crippen molar-refractivity contribution in [2.24, 2.45) is 0 Å². The van der Waals surface area contributed by atoms with Crippen LogP contribution in [0.2, 0.25) is 0 Å². The number of aliphatic hydroxyl groups is 1. The van der Waals surface area contributed by atoms with Crippen LogP contribution >= 0.6 is 0 Å². The molecule has 0 spiro atoms. The number of benzene rings is 1. The maximum Gasteiger partial charge on any atom is 0.345 e. The summed E-state index contributed by atoms with van der Waals surface area (Å²) in [7, 11) is 2.90. The number of cyclic esters (lactones) is 1. The van der Waals surface area contributed by atoms with Crippen LogP contribution in [0.4, 0.5) is 0 Å². The summed E-state index contributed by atoms with van der Waals surface area (Å²) in [4.78, 5) is 11.4. The second-order valence-corrected chi connectivity index (χ2v) is 3.02. The maximum absolute atomic E-state index is 11.4. The topological polar surface area (TPSA) is 65.0 Å². The number of carbonyl (C=O) groups excluding carboxylic acids is 1. The van der Waals surface area contributed by atoms with E-state index < -0.39 is 12.3 Å². The first-order valence-electron chi connectivity index (χ1n) is 4.33. The van der Waals surface area contributed by atoms with Gasteiger partial charge in [-0.3, -0.25) is 0 Å². The Kier molecular flexibility index (Phi) is 2.24. The minimum atomic E-state index is -1.22. The molecule has 15 heavy (non-hydrogen) atoms. The molecule has 1 aromatic carbocycles. The summed E-state index contributed by atoms with van der Waals surface area (Å²) in [5.41, 5.74) is 0.627. The SMILES string of the molecule is COc1ccc2c(c1OC)C(=O)O[C@H]2O. The third-order valence-corrected chi connectivity index (χ3v) is 2.27. The van der Waals surface area contributed by atoms with Gasteiger partial charge in [-0.15, -0.1) is 0 Å². The predicted molar refractivity (Wildman–Crippen MR) is 49.9 cm³/mol. The Hall–Kier alpha value is -1.75. The van der Waals surface area contributed by atoms with E-state index in [-0.39, 0.29) is 11.3 Å². The molecule has 0 aliphatic carbocycles. The standard InChI is InChI=1S/C10H10O5/c1-13-6-4-3-5-7(8(6)14-2)10(12)15-9(5)11/h3-4,9,11H,1-2H3/t9-/m1/s1. The van der Waals surface area contributed by atoms with E-state index in [1.165, 1.54) is 14.2 Å². The minimum absolute atomic E-state index is 0.226. The lowest BCUT2D eigenvalue weighted by Gasteiger charge is -2.09. The largest absolute Gasteiger partial charge is 0.493 e. The fourth-order valence-electron chi connectivity index (χ4n) is 1.58. The van der Waals surface area contributed by atoms with Crippen molar-refractivity contribution in [3.05, 3.63) is 23.3 Å². The zero-order valence-electron chi connectivity index (χ0n) is 8.31. The van der Waals surface area contributed by atoms with E-state index in [9.17, 15) is 9.90 Å². The lowest BCUT2D eigenvalue weighted by atomic mass is 10.1. The molecule has 5 heteroatoms. The Morgan fingerprint density at radius 2 is 2.07 bits per heavy atom. The van der Waals surface area contributed by atoms with Gasteiger partial charge in [-0.05, 0) is 12.1 Å². The Morgan fingerprint density at radius 1 is 1.33 bits per heavy atom. The van der Waals surface area contributed by atoms with Gasteiger partial charge in [0.15, 0.2) is 11.5 Å². The number of fused-ring (bicyclic) bond motifs is 1. The fraction of sp³-hybridized carbons (Fsp3) is 0.300. The fourth-order valence-corrected chi connectivity index (χ4v) is 1.58. The summed E-state index contributed by atoms with van der Waals surface area (Å²) >= 11 is 0. The van der Waals surface area contributed by atoms with E-state index in [1.54, 1.807) is 12.1 Å². The molecule has 5 nitrogen and oxygen atoms in total. The van der Waals surface area contributed by atoms with Gasteiger partial charge in [0.25, 0.3) is 0 Å². The van der Waals surface area contributed by atoms with Crippen molar-refractivity contribution < 1.29 is 24.1 Å². The van der Waals surface area contributed by atoms with E-state index in [2.05, 4.69) is 4.74 Å². The highest BCUT2D eigenvalue weighted by atomic mass is 16.6. The molecule has 0 amide bonds. The third kappa shape index (κ3) is 1.32. The molecule has 0 saturated heterocycles. The first kappa shape index (κ1) is 9.79. The van der Waals surface area contributed by atoms with Gasteiger partial charge in [0, 0.05) is 5.56 Å². The van der Waals surface area contributed by atoms with Gasteiger partial charge in [-0.25, -0.2) is 4.79 Å². The number of esters is 1. The molecular formula is C10H10O5. The molecule has 0 aromatic heterocycles. The molecule has 1 aliphatic rings. The number of aliphatic hydroxyl groups excluding tert-OH is 1. The Labute approximate surface area is 86.2 Å². The average Bonchev–Trinajstić information content (AvgIpc) is 2.53. The Morgan fingerprint density at radius 3 is 2.67 bits per heavy atom. The predicted octanol–water partition coefficient (Wildman–Crippen LogP) is 0.865. The molecule has 2 rings (SSSR count). The molecule has 1 atom stereocenters. The van der Waals surface area contributed by atoms with Crippen LogP contribution < -0.4 is 9.47 Å². The van der Waals surface area contributed by atoms with Crippen LogP contribution in [-0.2, 0) is 4.74 Å². The van der Waals surface area contributed by atoms with E-state index >= 15 is 0 Å². The average molecular weight is 210 g/mol. The molecule has 1 heterocycles. The molecule has 1 aliphatic heterocycles. The molecule has 0 saturated carbocycles. The summed E-state index contributed by atoms with van der Waals surface area (Å²) in [6.07, 6.45) is -1.22. The highest BCUT2D eigenvalue weighted by Crippen LogP contribution is 2.40. The van der Waals surface area contributed by atoms with Gasteiger partial charge < -0.3 is 19.3 Å². The third-order valence-electron chi connectivity index (χ3n) is 2.27. The highest BCUT2D eigenvalue weighted by Gasteiger charge is 2.34. The number of carbonyl (C=O) groups is 1. The van der Waals surface area contributed by atoms with Crippen LogP contribution in [0.5, 0.6) is 11.5 Å². The van der Waals surface area contributed by atoms with Gasteiger partial charge in [0.1, 0.15) is 5.56 Å². The zero-order valence-corrected chi connectivity index (χ0v) is 8.31. The molecular weight excluding hydrogens is 200 g/mol. The summed E-state index contributed by atoms with van der Waals surface area (Å²) < 4.78 is 14.7. The van der Waals surface area contributed by atoms with Crippen LogP contribution in [0.1, 0.15) is 22.2 Å². The van der Waals surface area contributed by atoms with Crippen molar-refractivity contribution >= 4 is 5.97 Å². The Balaban J connectivity index is 2.65. The molecule has 1 aromatic rings. The van der Waals surface area contributed by atoms with Crippen LogP contribution in [0.15, 0.2) is 12.1 Å². The van der Waals surface area contributed by atoms with E-state index in [4.69, 9.17) is 9.47 Å². The second-order valence-electron chi connectivity index (χ2n) is 3.02. The van der Waals surface area contributed by atoms with Crippen LogP contribution in [0.3, 0.4) is 0 Å². The molecule has 0 unspecified atom stereocenters. The number of hydrogen-bond donors (Lipinski definition) is 1. The van der Waals surface area contributed by atoms with Crippen molar-refractivity contribution in [3.8, 4) is 11.5 Å². The molecule has 0 bridgehead atoms. The molecule has 0 fully saturated rings. The molecule has 0 radical (unpaired) electrons. The number of ether oxygens (including phenoxy) is 3. The van der Waals surface area contributed by atoms with E-state index in [1.807, 2.05) is 0 Å². The van der Waals surface area contributed by atoms with Crippen LogP contribution in [0.25, 0.3) is 0 Å². The summed E-state index contributed by atoms with van der Waals surface area (Å²) in [5, 5.41) is 9.40. The van der Waals surface area contributed by atoms with Gasteiger partial charge >= 0.3 is 5.97 Å². The number of rotatable bonds is 2. The molecule has 80 valence electrons. The summed E-state index contributed by atoms with van der Waals surface area (Å²) in [6.45, 7) is 0. The van der Waals surface area contributed by atoms with Crippen molar-refractivity contribution in [1.82, 2.24) is 0 Å². The molecule has 1 N–H and O–H groups in total.